The zero-order chi connectivity index (χ0) is 31.8. The van der Waals surface area contributed by atoms with Crippen molar-refractivity contribution in [3.8, 4) is 5.75 Å². The predicted molar refractivity (Wildman–Crippen MR) is 181 cm³/mol. The fourth-order valence-corrected chi connectivity index (χ4v) is 5.80. The van der Waals surface area contributed by atoms with Crippen molar-refractivity contribution < 1.29 is 19.4 Å². The summed E-state index contributed by atoms with van der Waals surface area (Å²) in [6.07, 6.45) is 5.76. The Morgan fingerprint density at radius 2 is 1.56 bits per heavy atom. The van der Waals surface area contributed by atoms with Crippen molar-refractivity contribution in [3.63, 3.8) is 0 Å². The Kier molecular flexibility index (Phi) is 10.4. The summed E-state index contributed by atoms with van der Waals surface area (Å²) in [6.45, 7) is 6.94. The zero-order valence-corrected chi connectivity index (χ0v) is 26.3. The van der Waals surface area contributed by atoms with E-state index in [4.69, 9.17) is 9.84 Å². The minimum absolute atomic E-state index is 0.0175. The molecule has 1 unspecified atom stereocenters. The molecule has 0 bridgehead atoms. The molecule has 4 aromatic carbocycles. The largest absolute Gasteiger partial charge is 0.491 e. The summed E-state index contributed by atoms with van der Waals surface area (Å²) in [5.74, 6) is 0.00763. The van der Waals surface area contributed by atoms with Crippen molar-refractivity contribution >= 4 is 28.5 Å². The van der Waals surface area contributed by atoms with Gasteiger partial charge in [-0.2, -0.15) is 0 Å². The van der Waals surface area contributed by atoms with Crippen LogP contribution in [0.4, 0.5) is 5.69 Å². The first-order valence-corrected chi connectivity index (χ1v) is 15.9. The molecule has 0 aliphatic carbocycles. The van der Waals surface area contributed by atoms with Gasteiger partial charge in [-0.05, 0) is 83.8 Å². The Labute approximate surface area is 265 Å². The Morgan fingerprint density at radius 3 is 2.22 bits per heavy atom. The van der Waals surface area contributed by atoms with Crippen LogP contribution in [-0.4, -0.2) is 28.2 Å². The van der Waals surface area contributed by atoms with E-state index in [1.54, 1.807) is 12.1 Å². The third kappa shape index (κ3) is 8.01. The van der Waals surface area contributed by atoms with Gasteiger partial charge in [-0.15, -0.1) is 0 Å². The number of ether oxygens (including phenoxy) is 1. The number of hydrogen-bond acceptors (Lipinski definition) is 3. The fourth-order valence-electron chi connectivity index (χ4n) is 5.80. The van der Waals surface area contributed by atoms with Gasteiger partial charge in [0.25, 0.3) is 5.91 Å². The zero-order valence-electron chi connectivity index (χ0n) is 26.3. The number of hydrogen-bond donors (Lipinski definition) is 2. The minimum atomic E-state index is -0.861. The lowest BCUT2D eigenvalue weighted by atomic mass is 9.94. The SMILES string of the molecule is CCCc1ccc(C(c2ccc(CC(C)C)cc2)n2ccc3cc(C(=O)Nc4ccccc4OCCCC(=O)O)ccc32)cc1. The van der Waals surface area contributed by atoms with Crippen molar-refractivity contribution in [1.82, 2.24) is 4.57 Å². The van der Waals surface area contributed by atoms with Crippen molar-refractivity contribution in [3.05, 3.63) is 131 Å². The summed E-state index contributed by atoms with van der Waals surface area (Å²) < 4.78 is 8.07. The molecule has 1 aromatic heterocycles. The highest BCUT2D eigenvalue weighted by molar-refractivity contribution is 6.07. The predicted octanol–water partition coefficient (Wildman–Crippen LogP) is 8.93. The van der Waals surface area contributed by atoms with E-state index in [2.05, 4.69) is 91.4 Å². The monoisotopic (exact) mass is 602 g/mol. The first kappa shape index (κ1) is 31.6. The number of benzene rings is 4. The van der Waals surface area contributed by atoms with E-state index in [9.17, 15) is 9.59 Å². The van der Waals surface area contributed by atoms with Crippen LogP contribution in [0.1, 0.15) is 78.7 Å². The highest BCUT2D eigenvalue weighted by Crippen LogP contribution is 2.33. The molecule has 5 rings (SSSR count). The van der Waals surface area contributed by atoms with E-state index in [-0.39, 0.29) is 25.0 Å². The Morgan fingerprint density at radius 1 is 0.867 bits per heavy atom. The van der Waals surface area contributed by atoms with Crippen LogP contribution >= 0.6 is 0 Å². The Balaban J connectivity index is 1.42. The lowest BCUT2D eigenvalue weighted by Gasteiger charge is -2.22. The van der Waals surface area contributed by atoms with Gasteiger partial charge in [0.05, 0.1) is 18.3 Å². The number of para-hydroxylation sites is 2. The topological polar surface area (TPSA) is 80.6 Å². The van der Waals surface area contributed by atoms with Crippen molar-refractivity contribution in [2.24, 2.45) is 5.92 Å². The van der Waals surface area contributed by atoms with Crippen LogP contribution in [0.2, 0.25) is 0 Å². The second-order valence-corrected chi connectivity index (χ2v) is 12.0. The molecule has 0 fully saturated rings. The maximum atomic E-state index is 13.4. The molecule has 1 atom stereocenters. The maximum Gasteiger partial charge on any atom is 0.303 e. The number of aryl methyl sites for hydroxylation is 1. The number of aliphatic carboxylic acids is 1. The molecule has 0 saturated carbocycles. The highest BCUT2D eigenvalue weighted by atomic mass is 16.5. The molecule has 0 aliphatic heterocycles. The number of carbonyl (C=O) groups is 2. The lowest BCUT2D eigenvalue weighted by Crippen LogP contribution is -2.14. The molecular formula is C39H42N2O4. The van der Waals surface area contributed by atoms with E-state index in [1.807, 2.05) is 30.3 Å². The normalized spacial score (nSPS) is 11.9. The van der Waals surface area contributed by atoms with E-state index in [1.165, 1.54) is 22.3 Å². The quantitative estimate of drug-likeness (QED) is 0.124. The third-order valence-corrected chi connectivity index (χ3v) is 7.96. The van der Waals surface area contributed by atoms with Gasteiger partial charge in [0.2, 0.25) is 0 Å². The van der Waals surface area contributed by atoms with Crippen LogP contribution in [-0.2, 0) is 17.6 Å². The van der Waals surface area contributed by atoms with E-state index >= 15 is 0 Å². The number of nitrogens with one attached hydrogen (secondary N) is 1. The average Bonchev–Trinajstić information content (AvgIpc) is 3.44. The minimum Gasteiger partial charge on any atom is -0.491 e. The molecule has 0 aliphatic rings. The lowest BCUT2D eigenvalue weighted by molar-refractivity contribution is -0.137. The number of carboxylic acid groups (broad SMARTS) is 1. The van der Waals surface area contributed by atoms with Crippen LogP contribution in [0.3, 0.4) is 0 Å². The van der Waals surface area contributed by atoms with Crippen molar-refractivity contribution in [1.29, 1.82) is 0 Å². The molecule has 1 heterocycles. The smallest absolute Gasteiger partial charge is 0.303 e. The Bertz CT molecular complexity index is 1740. The summed E-state index contributed by atoms with van der Waals surface area (Å²) in [6, 6.07) is 33.0. The van der Waals surface area contributed by atoms with Gasteiger partial charge in [-0.1, -0.05) is 87.9 Å². The van der Waals surface area contributed by atoms with E-state index in [0.717, 1.165) is 30.2 Å². The standard InChI is InChI=1S/C39H42N2O4/c1-4-8-28-12-16-30(17-13-28)38(31-18-14-29(15-19-31)25-27(2)3)41-23-22-32-26-33(20-21-35(32)41)39(44)40-34-9-5-6-10-36(34)45-24-7-11-37(42)43/h5-6,9-10,12-23,26-27,38H,4,7-8,11,24-25H2,1-3H3,(H,40,44)(H,42,43). The number of carboxylic acids is 1. The van der Waals surface area contributed by atoms with Gasteiger partial charge in [0, 0.05) is 29.1 Å². The maximum absolute atomic E-state index is 13.4. The number of nitrogens with zero attached hydrogens (tertiary/aromatic N) is 1. The van der Waals surface area contributed by atoms with Crippen LogP contribution < -0.4 is 10.1 Å². The third-order valence-electron chi connectivity index (χ3n) is 7.96. The molecule has 0 saturated heterocycles. The van der Waals surface area contributed by atoms with Crippen molar-refractivity contribution in [2.45, 2.75) is 58.9 Å². The summed E-state index contributed by atoms with van der Waals surface area (Å²) in [5.41, 5.74) is 7.24. The molecule has 0 radical (unpaired) electrons. The number of anilines is 1. The van der Waals surface area contributed by atoms with Crippen LogP contribution in [0.5, 0.6) is 5.75 Å². The molecule has 0 spiro atoms. The number of aromatic nitrogens is 1. The highest BCUT2D eigenvalue weighted by Gasteiger charge is 2.20. The van der Waals surface area contributed by atoms with Gasteiger partial charge in [-0.25, -0.2) is 0 Å². The number of amides is 1. The van der Waals surface area contributed by atoms with Gasteiger partial charge in [0.15, 0.2) is 0 Å². The molecule has 45 heavy (non-hydrogen) atoms. The first-order chi connectivity index (χ1) is 21.8. The van der Waals surface area contributed by atoms with Crippen LogP contribution in [0, 0.1) is 5.92 Å². The van der Waals surface area contributed by atoms with Gasteiger partial charge >= 0.3 is 5.97 Å². The molecule has 1 amide bonds. The van der Waals surface area contributed by atoms with Gasteiger partial charge in [0.1, 0.15) is 5.75 Å². The fraction of sp³-hybridized carbons (Fsp3) is 0.282. The Hall–Kier alpha value is -4.84. The average molecular weight is 603 g/mol. The number of carbonyl (C=O) groups excluding carboxylic acids is 1. The molecule has 6 nitrogen and oxygen atoms in total. The van der Waals surface area contributed by atoms with Crippen LogP contribution in [0.25, 0.3) is 10.9 Å². The first-order valence-electron chi connectivity index (χ1n) is 15.9. The number of fused-ring (bicyclic) bond motifs is 1. The molecular weight excluding hydrogens is 560 g/mol. The summed E-state index contributed by atoms with van der Waals surface area (Å²) in [4.78, 5) is 24.2. The summed E-state index contributed by atoms with van der Waals surface area (Å²) in [7, 11) is 0. The van der Waals surface area contributed by atoms with Crippen LogP contribution in [0.15, 0.2) is 103 Å². The van der Waals surface area contributed by atoms with E-state index in [0.29, 0.717) is 29.3 Å². The van der Waals surface area contributed by atoms with E-state index < -0.39 is 5.97 Å². The summed E-state index contributed by atoms with van der Waals surface area (Å²) in [5, 5.41) is 12.8. The molecule has 232 valence electrons. The molecule has 5 aromatic rings. The molecule has 6 heteroatoms. The second-order valence-electron chi connectivity index (χ2n) is 12.0. The van der Waals surface area contributed by atoms with Gasteiger partial charge < -0.3 is 19.7 Å². The number of rotatable bonds is 14. The molecule has 2 N–H and O–H groups in total. The second kappa shape index (κ2) is 14.8. The van der Waals surface area contributed by atoms with Crippen molar-refractivity contribution in [2.75, 3.05) is 11.9 Å². The summed E-state index contributed by atoms with van der Waals surface area (Å²) >= 11 is 0. The van der Waals surface area contributed by atoms with Gasteiger partial charge in [-0.3, -0.25) is 9.59 Å².